The average molecular weight is 1360 g/mol. The van der Waals surface area contributed by atoms with Crippen molar-refractivity contribution in [1.82, 2.24) is 64.3 Å². The number of aromatic amines is 4. The van der Waals surface area contributed by atoms with E-state index in [1.54, 1.807) is 17.4 Å². The predicted octanol–water partition coefficient (Wildman–Crippen LogP) is 9.12. The summed E-state index contributed by atoms with van der Waals surface area (Å²) in [6.07, 6.45) is 10.2. The first-order valence-electron chi connectivity index (χ1n) is 30.2. The number of carbonyl (C=O) groups is 2. The Balaban J connectivity index is 0.000000130. The quantitative estimate of drug-likeness (QED) is 0.0672. The van der Waals surface area contributed by atoms with E-state index in [2.05, 4.69) is 79.4 Å². The maximum absolute atomic E-state index is 12.7. The lowest BCUT2D eigenvalue weighted by Gasteiger charge is -2.45. The Hall–Kier alpha value is -6.62. The molecule has 23 nitrogen and oxygen atoms in total. The van der Waals surface area contributed by atoms with Crippen molar-refractivity contribution in [3.05, 3.63) is 135 Å². The molecule has 91 heavy (non-hydrogen) atoms. The topological polar surface area (TPSA) is 281 Å². The number of Topliss-reactive ketones (excluding diaryl/α,β-unsaturated/α-hetero) is 1. The van der Waals surface area contributed by atoms with Crippen LogP contribution in [0.3, 0.4) is 0 Å². The number of piperazine rings is 3. The molecule has 8 heterocycles. The van der Waals surface area contributed by atoms with Crippen molar-refractivity contribution in [1.29, 1.82) is 0 Å². The van der Waals surface area contributed by atoms with Crippen LogP contribution in [0, 0.1) is 0 Å². The van der Waals surface area contributed by atoms with Crippen LogP contribution in [0.2, 0.25) is 20.1 Å². The van der Waals surface area contributed by atoms with Gasteiger partial charge in [-0.15, -0.1) is 0 Å². The first-order valence-corrected chi connectivity index (χ1v) is 34.8. The number of piperidine rings is 1. The van der Waals surface area contributed by atoms with E-state index in [0.717, 1.165) is 123 Å². The molecule has 0 radical (unpaired) electrons. The standard InChI is InChI=1S/C19H20ClN3O2S.C15H19ClN4O.C12H16ClN5O2S.C11H13ClN4.C5H8O2/c20-16-10-17(18-12-21-22-19(18)11-16)15-6-8-23(9-7-15)26(24,25)13-14-4-2-1-3-5-14;1-9-7-19(8-10(2)20(9)11(3)21)15-5-12(16)4-14-13(15)6-17-18-14;1-14-21(19,20)18-4-2-17(3-5-18)12-7-9(13)6-11-10(12)8-15-16-11;12-8-5-10-9(7-14-15-10)11(6-8)16-3-1-13-2-4-16;1-4(6)5(7)2-3-5/h1-5,10-12,15H,6-9,13H2,(H,21,22);4-6,9-10H,7-8H2,1-3H3,(H,17,18);6-8,14H,2-5H2,1H3,(H,15,16);5-7,13H,1-4H2,(H,14,15);7H,2-3H2,1H3/t;9-,10+;;;. The second-order valence-electron chi connectivity index (χ2n) is 23.5. The molecule has 4 aliphatic heterocycles. The molecule has 5 aromatic carbocycles. The van der Waals surface area contributed by atoms with Gasteiger partial charge in [-0.2, -0.15) is 33.1 Å². The van der Waals surface area contributed by atoms with Crippen molar-refractivity contribution in [2.24, 2.45) is 0 Å². The zero-order valence-corrected chi connectivity index (χ0v) is 55.9. The number of carbonyl (C=O) groups excluding carboxylic acids is 2. The first-order chi connectivity index (χ1) is 43.5. The normalized spacial score (nSPS) is 19.0. The van der Waals surface area contributed by atoms with Crippen LogP contribution in [-0.2, 0) is 35.6 Å². The van der Waals surface area contributed by atoms with Gasteiger partial charge in [0.2, 0.25) is 15.9 Å². The molecule has 14 rings (SSSR count). The second kappa shape index (κ2) is 29.1. The van der Waals surface area contributed by atoms with Crippen molar-refractivity contribution in [3.63, 3.8) is 0 Å². The van der Waals surface area contributed by atoms with Gasteiger partial charge in [0.25, 0.3) is 10.2 Å². The van der Waals surface area contributed by atoms with Gasteiger partial charge in [0.15, 0.2) is 5.78 Å². The van der Waals surface area contributed by atoms with Crippen LogP contribution in [0.5, 0.6) is 0 Å². The Bertz CT molecular complexity index is 4210. The molecule has 7 N–H and O–H groups in total. The van der Waals surface area contributed by atoms with E-state index in [1.807, 2.05) is 102 Å². The summed E-state index contributed by atoms with van der Waals surface area (Å²) < 4.78 is 54.4. The molecular formula is C62H76Cl4N16O7S2. The lowest BCUT2D eigenvalue weighted by atomic mass is 9.88. The highest BCUT2D eigenvalue weighted by molar-refractivity contribution is 7.88. The van der Waals surface area contributed by atoms with Crippen LogP contribution < -0.4 is 24.7 Å². The van der Waals surface area contributed by atoms with Gasteiger partial charge >= 0.3 is 0 Å². The van der Waals surface area contributed by atoms with Crippen LogP contribution >= 0.6 is 46.4 Å². The highest BCUT2D eigenvalue weighted by Crippen LogP contribution is 2.38. The van der Waals surface area contributed by atoms with Gasteiger partial charge in [0, 0.05) is 163 Å². The number of aromatic nitrogens is 8. The number of anilines is 3. The van der Waals surface area contributed by atoms with E-state index >= 15 is 0 Å². The van der Waals surface area contributed by atoms with Crippen LogP contribution in [0.1, 0.15) is 70.4 Å². The monoisotopic (exact) mass is 1360 g/mol. The SMILES string of the molecule is CC(=O)C1(O)CC1.CC(=O)N1[C@H](C)CN(c2cc(Cl)cc3[nH]ncc23)C[C@@H]1C.CNS(=O)(=O)N1CCN(c2cc(Cl)cc3[nH]ncc23)CC1.Clc1cc(N2CCNCC2)c2cn[nH]c2c1.O=S(=O)(Cc1ccccc1)N1CCC(c2cc(Cl)cc3[nH]ncc23)CC1. The minimum Gasteiger partial charge on any atom is -0.382 e. The molecular weight excluding hydrogens is 1290 g/mol. The fraction of sp³-hybridized carbons (Fsp3) is 0.419. The number of sulfonamides is 1. The Labute approximate surface area is 549 Å². The van der Waals surface area contributed by atoms with E-state index in [4.69, 9.17) is 51.5 Å². The number of hydrogen-bond donors (Lipinski definition) is 7. The van der Waals surface area contributed by atoms with Crippen LogP contribution in [0.25, 0.3) is 43.6 Å². The number of halogens is 4. The van der Waals surface area contributed by atoms with Crippen molar-refractivity contribution in [3.8, 4) is 0 Å². The molecule has 0 bridgehead atoms. The number of H-pyrrole nitrogens is 4. The third-order valence-corrected chi connectivity index (χ3v) is 21.5. The number of aliphatic hydroxyl groups is 1. The van der Waals surface area contributed by atoms with Crippen molar-refractivity contribution in [2.75, 3.05) is 100 Å². The van der Waals surface area contributed by atoms with E-state index in [1.165, 1.54) is 24.0 Å². The average Bonchev–Trinajstić information content (AvgIpc) is 2.10. The Morgan fingerprint density at radius 3 is 1.44 bits per heavy atom. The summed E-state index contributed by atoms with van der Waals surface area (Å²) in [6, 6.07) is 25.0. The fourth-order valence-electron chi connectivity index (χ4n) is 12.3. The van der Waals surface area contributed by atoms with Crippen molar-refractivity contribution in [2.45, 2.75) is 82.7 Å². The van der Waals surface area contributed by atoms with Gasteiger partial charge in [-0.3, -0.25) is 30.0 Å². The molecule has 0 unspecified atom stereocenters. The molecule has 4 saturated heterocycles. The van der Waals surface area contributed by atoms with Crippen molar-refractivity contribution >= 4 is 139 Å². The van der Waals surface area contributed by atoms with E-state index < -0.39 is 25.8 Å². The molecule has 5 aliphatic rings. The van der Waals surface area contributed by atoms with Crippen LogP contribution in [-0.4, -0.2) is 191 Å². The Morgan fingerprint density at radius 1 is 0.582 bits per heavy atom. The van der Waals surface area contributed by atoms with Crippen LogP contribution in [0.4, 0.5) is 17.1 Å². The minimum atomic E-state index is -3.35. The summed E-state index contributed by atoms with van der Waals surface area (Å²) in [5.74, 6) is 0.389. The molecule has 1 amide bonds. The largest absolute Gasteiger partial charge is 0.382 e. The molecule has 29 heteroatoms. The zero-order chi connectivity index (χ0) is 64.8. The van der Waals surface area contributed by atoms with Gasteiger partial charge in [-0.1, -0.05) is 76.7 Å². The molecule has 4 aromatic heterocycles. The second-order valence-corrected chi connectivity index (χ2v) is 29.0. The molecule has 2 atom stereocenters. The number of amides is 1. The van der Waals surface area contributed by atoms with Gasteiger partial charge < -0.3 is 30.0 Å². The summed E-state index contributed by atoms with van der Waals surface area (Å²) in [5.41, 5.74) is 8.06. The zero-order valence-electron chi connectivity index (χ0n) is 51.3. The Kier molecular flexibility index (Phi) is 21.5. The lowest BCUT2D eigenvalue weighted by molar-refractivity contribution is -0.133. The predicted molar refractivity (Wildman–Crippen MR) is 362 cm³/mol. The summed E-state index contributed by atoms with van der Waals surface area (Å²) in [7, 11) is -5.22. The summed E-state index contributed by atoms with van der Waals surface area (Å²) in [4.78, 5) is 30.8. The van der Waals surface area contributed by atoms with Gasteiger partial charge in [0.05, 0.1) is 52.6 Å². The Morgan fingerprint density at radius 2 is 1.01 bits per heavy atom. The molecule has 1 aliphatic carbocycles. The fourth-order valence-corrected chi connectivity index (χ4v) is 15.6. The molecule has 486 valence electrons. The molecule has 9 aromatic rings. The summed E-state index contributed by atoms with van der Waals surface area (Å²) in [5, 5.41) is 47.3. The van der Waals surface area contributed by atoms with E-state index in [-0.39, 0.29) is 35.4 Å². The third kappa shape index (κ3) is 16.2. The molecule has 1 saturated carbocycles. The van der Waals surface area contributed by atoms with E-state index in [9.17, 15) is 26.4 Å². The van der Waals surface area contributed by atoms with Gasteiger partial charge in [0.1, 0.15) is 5.60 Å². The number of nitrogens with zero attached hydrogens (tertiary/aromatic N) is 10. The third-order valence-electron chi connectivity index (χ3n) is 17.2. The first kappa shape index (κ1) is 67.3. The number of ketones is 1. The lowest BCUT2D eigenvalue weighted by Crippen LogP contribution is -2.58. The molecule has 5 fully saturated rings. The van der Waals surface area contributed by atoms with Gasteiger partial charge in [-0.05, 0) is 112 Å². The minimum absolute atomic E-state index is 0.0572. The van der Waals surface area contributed by atoms with Crippen LogP contribution in [0.15, 0.2) is 104 Å². The summed E-state index contributed by atoms with van der Waals surface area (Å²) in [6.45, 7) is 16.1. The number of nitrogens with one attached hydrogen (secondary N) is 6. The molecule has 0 spiro atoms. The number of hydrogen-bond acceptors (Lipinski definition) is 15. The number of benzene rings is 5. The number of rotatable bonds is 10. The number of fused-ring (bicyclic) bond motifs is 4. The van der Waals surface area contributed by atoms with E-state index in [0.29, 0.717) is 67.2 Å². The smallest absolute Gasteiger partial charge is 0.279 e. The highest BCUT2D eigenvalue weighted by atomic mass is 35.5. The maximum Gasteiger partial charge on any atom is 0.279 e. The van der Waals surface area contributed by atoms with Gasteiger partial charge in [-0.25, -0.2) is 17.4 Å². The van der Waals surface area contributed by atoms with Crippen molar-refractivity contribution < 1.29 is 31.5 Å². The highest BCUT2D eigenvalue weighted by Gasteiger charge is 2.45. The maximum atomic E-state index is 12.7. The summed E-state index contributed by atoms with van der Waals surface area (Å²) >= 11 is 24.7.